The van der Waals surface area contributed by atoms with Crippen LogP contribution in [0.25, 0.3) is 17.5 Å². The molecule has 1 aromatic heterocycles. The predicted molar refractivity (Wildman–Crippen MR) is 102 cm³/mol. The number of benzene rings is 2. The third kappa shape index (κ3) is 3.88. The minimum Gasteiger partial charge on any atom is -0.250 e. The van der Waals surface area contributed by atoms with Gasteiger partial charge in [0.05, 0.1) is 6.21 Å². The lowest BCUT2D eigenvalue weighted by Gasteiger charge is -2.01. The molecule has 0 saturated carbocycles. The highest BCUT2D eigenvalue weighted by atomic mass is 35.5. The number of H-pyrrole nitrogens is 1. The monoisotopic (exact) mass is 354 g/mol. The summed E-state index contributed by atoms with van der Waals surface area (Å²) in [6.07, 6.45) is 3.81. The summed E-state index contributed by atoms with van der Waals surface area (Å²) in [5.41, 5.74) is 3.01. The van der Waals surface area contributed by atoms with E-state index < -0.39 is 0 Å². The van der Waals surface area contributed by atoms with Gasteiger partial charge in [0.2, 0.25) is 4.77 Å². The van der Waals surface area contributed by atoms with Crippen LogP contribution in [0.5, 0.6) is 0 Å². The van der Waals surface area contributed by atoms with Gasteiger partial charge in [0.15, 0.2) is 5.82 Å². The number of hydrogen-bond donors (Lipinski definition) is 1. The van der Waals surface area contributed by atoms with Crippen LogP contribution in [0.15, 0.2) is 65.3 Å². The van der Waals surface area contributed by atoms with Gasteiger partial charge in [-0.3, -0.25) is 0 Å². The van der Waals surface area contributed by atoms with Crippen LogP contribution in [-0.2, 0) is 0 Å². The average Bonchev–Trinajstić information content (AvgIpc) is 2.95. The van der Waals surface area contributed by atoms with E-state index in [4.69, 9.17) is 23.8 Å². The maximum absolute atomic E-state index is 5.93. The normalized spacial score (nSPS) is 12.0. The van der Waals surface area contributed by atoms with Crippen LogP contribution in [0.1, 0.15) is 12.5 Å². The summed E-state index contributed by atoms with van der Waals surface area (Å²) < 4.78 is 2.03. The van der Waals surface area contributed by atoms with Crippen molar-refractivity contribution in [2.24, 2.45) is 5.10 Å². The van der Waals surface area contributed by atoms with E-state index in [1.807, 2.05) is 61.5 Å². The molecular weight excluding hydrogens is 340 g/mol. The van der Waals surface area contributed by atoms with Gasteiger partial charge in [-0.2, -0.15) is 14.9 Å². The first-order valence-corrected chi connectivity index (χ1v) is 8.13. The van der Waals surface area contributed by atoms with E-state index in [1.165, 1.54) is 0 Å². The SMILES string of the molecule is CC(/C=N\n1c(-c2ccc(Cl)cc2)n[nH]c1=S)=C\c1ccccc1. The van der Waals surface area contributed by atoms with Crippen molar-refractivity contribution in [2.75, 3.05) is 0 Å². The largest absolute Gasteiger partial charge is 0.250 e. The molecule has 0 amide bonds. The molecule has 0 saturated heterocycles. The Morgan fingerprint density at radius 3 is 2.58 bits per heavy atom. The summed E-state index contributed by atoms with van der Waals surface area (Å²) in [6.45, 7) is 1.99. The minimum atomic E-state index is 0.434. The topological polar surface area (TPSA) is 46.0 Å². The molecule has 1 N–H and O–H groups in total. The molecule has 0 radical (unpaired) electrons. The van der Waals surface area contributed by atoms with Crippen molar-refractivity contribution in [1.82, 2.24) is 14.9 Å². The zero-order valence-electron chi connectivity index (χ0n) is 13.0. The Morgan fingerprint density at radius 2 is 1.88 bits per heavy atom. The number of allylic oxidation sites excluding steroid dienone is 1. The highest BCUT2D eigenvalue weighted by Crippen LogP contribution is 2.19. The molecule has 0 spiro atoms. The van der Waals surface area contributed by atoms with Gasteiger partial charge in [0.1, 0.15) is 0 Å². The number of rotatable bonds is 4. The summed E-state index contributed by atoms with van der Waals surface area (Å²) in [5.74, 6) is 0.639. The Hall–Kier alpha value is -2.50. The molecule has 0 bridgehead atoms. The third-order valence-electron chi connectivity index (χ3n) is 3.32. The lowest BCUT2D eigenvalue weighted by molar-refractivity contribution is 0.871. The highest BCUT2D eigenvalue weighted by Gasteiger charge is 2.07. The maximum Gasteiger partial charge on any atom is 0.216 e. The zero-order valence-corrected chi connectivity index (χ0v) is 14.6. The molecule has 6 heteroatoms. The standard InChI is InChI=1S/C18H15ClN4S/c1-13(11-14-5-3-2-4-6-14)12-20-23-17(21-22-18(23)24)15-7-9-16(19)10-8-15/h2-12H,1H3,(H,22,24)/b13-11+,20-12-. The summed E-state index contributed by atoms with van der Waals surface area (Å²) in [4.78, 5) is 0. The van der Waals surface area contributed by atoms with E-state index in [1.54, 1.807) is 10.9 Å². The number of aromatic nitrogens is 3. The smallest absolute Gasteiger partial charge is 0.216 e. The van der Waals surface area contributed by atoms with Crippen molar-refractivity contribution in [3.8, 4) is 11.4 Å². The molecule has 24 heavy (non-hydrogen) atoms. The molecule has 4 nitrogen and oxygen atoms in total. The predicted octanol–water partition coefficient (Wildman–Crippen LogP) is 5.20. The van der Waals surface area contributed by atoms with Gasteiger partial charge >= 0.3 is 0 Å². The van der Waals surface area contributed by atoms with Crippen molar-refractivity contribution >= 4 is 36.1 Å². The first kappa shape index (κ1) is 16.4. The summed E-state index contributed by atoms with van der Waals surface area (Å²) in [7, 11) is 0. The Kier molecular flexibility index (Phi) is 5.03. The van der Waals surface area contributed by atoms with Crippen LogP contribution < -0.4 is 0 Å². The maximum atomic E-state index is 5.93. The molecule has 2 aromatic carbocycles. The lowest BCUT2D eigenvalue weighted by atomic mass is 10.1. The molecule has 3 rings (SSSR count). The van der Waals surface area contributed by atoms with Crippen LogP contribution >= 0.6 is 23.8 Å². The van der Waals surface area contributed by atoms with Gasteiger partial charge in [-0.05, 0) is 54.5 Å². The molecule has 120 valence electrons. The number of aromatic amines is 1. The first-order valence-electron chi connectivity index (χ1n) is 7.34. The van der Waals surface area contributed by atoms with Gasteiger partial charge in [-0.25, -0.2) is 5.10 Å². The molecule has 0 fully saturated rings. The summed E-state index contributed by atoms with van der Waals surface area (Å²) in [6, 6.07) is 17.5. The number of hydrogen-bond acceptors (Lipinski definition) is 3. The fourth-order valence-corrected chi connectivity index (χ4v) is 2.49. The Balaban J connectivity index is 1.90. The Labute approximate surface area is 150 Å². The molecular formula is C18H15ClN4S. The molecule has 0 aliphatic rings. The Bertz CT molecular complexity index is 937. The van der Waals surface area contributed by atoms with E-state index in [2.05, 4.69) is 21.4 Å². The first-order chi connectivity index (χ1) is 11.6. The van der Waals surface area contributed by atoms with E-state index in [0.717, 1.165) is 16.7 Å². The van der Waals surface area contributed by atoms with Crippen molar-refractivity contribution in [3.05, 3.63) is 75.5 Å². The minimum absolute atomic E-state index is 0.434. The number of nitrogens with zero attached hydrogens (tertiary/aromatic N) is 3. The quantitative estimate of drug-likeness (QED) is 0.517. The van der Waals surface area contributed by atoms with Gasteiger partial charge in [0.25, 0.3) is 0 Å². The molecule has 0 aliphatic carbocycles. The third-order valence-corrected chi connectivity index (χ3v) is 3.84. The van der Waals surface area contributed by atoms with Gasteiger partial charge in [-0.15, -0.1) is 0 Å². The molecule has 3 aromatic rings. The fourth-order valence-electron chi connectivity index (χ4n) is 2.18. The van der Waals surface area contributed by atoms with Crippen molar-refractivity contribution in [3.63, 3.8) is 0 Å². The van der Waals surface area contributed by atoms with E-state index in [9.17, 15) is 0 Å². The Morgan fingerprint density at radius 1 is 1.17 bits per heavy atom. The van der Waals surface area contributed by atoms with Crippen LogP contribution in [0.2, 0.25) is 5.02 Å². The second-order valence-corrected chi connectivity index (χ2v) is 6.04. The van der Waals surface area contributed by atoms with Crippen LogP contribution in [-0.4, -0.2) is 21.1 Å². The van der Waals surface area contributed by atoms with Gasteiger partial charge in [0, 0.05) is 10.6 Å². The van der Waals surface area contributed by atoms with E-state index in [0.29, 0.717) is 15.6 Å². The lowest BCUT2D eigenvalue weighted by Crippen LogP contribution is -1.94. The summed E-state index contributed by atoms with van der Waals surface area (Å²) in [5, 5.41) is 12.1. The number of halogens is 1. The second-order valence-electron chi connectivity index (χ2n) is 5.21. The van der Waals surface area contributed by atoms with Gasteiger partial charge in [-0.1, -0.05) is 48.0 Å². The fraction of sp³-hybridized carbons (Fsp3) is 0.0556. The molecule has 0 aliphatic heterocycles. The van der Waals surface area contributed by atoms with Crippen LogP contribution in [0.4, 0.5) is 0 Å². The second kappa shape index (κ2) is 7.38. The van der Waals surface area contributed by atoms with E-state index >= 15 is 0 Å². The van der Waals surface area contributed by atoms with Crippen LogP contribution in [0, 0.1) is 4.77 Å². The zero-order chi connectivity index (χ0) is 16.9. The molecule has 1 heterocycles. The van der Waals surface area contributed by atoms with Gasteiger partial charge < -0.3 is 0 Å². The van der Waals surface area contributed by atoms with Crippen LogP contribution in [0.3, 0.4) is 0 Å². The van der Waals surface area contributed by atoms with Crippen molar-refractivity contribution < 1.29 is 0 Å². The molecule has 0 unspecified atom stereocenters. The van der Waals surface area contributed by atoms with E-state index in [-0.39, 0.29) is 0 Å². The van der Waals surface area contributed by atoms with Crippen molar-refractivity contribution in [1.29, 1.82) is 0 Å². The van der Waals surface area contributed by atoms with Crippen molar-refractivity contribution in [2.45, 2.75) is 6.92 Å². The molecule has 0 atom stereocenters. The number of nitrogens with one attached hydrogen (secondary N) is 1. The highest BCUT2D eigenvalue weighted by molar-refractivity contribution is 7.71. The average molecular weight is 355 g/mol. The summed E-state index contributed by atoms with van der Waals surface area (Å²) >= 11 is 11.2.